The number of sulfone groups is 1. The summed E-state index contributed by atoms with van der Waals surface area (Å²) in [5, 5.41) is 5.63. The van der Waals surface area contributed by atoms with Gasteiger partial charge in [0.05, 0.1) is 17.1 Å². The predicted molar refractivity (Wildman–Crippen MR) is 140 cm³/mol. The standard InChI is InChI=1S/C26H30N4O6S/c1-17-12-30(13-18(2)36-17)26(33)15-29-14-24(22-9-4-5-10-23(22)29)37(34,35)16-25(32)28-21-8-6-7-20(11-21)27-19(3)31/h4-11,14,17-18H,12-13,15-16H2,1-3H3,(H,27,31)(H,28,32). The van der Waals surface area contributed by atoms with Gasteiger partial charge in [-0.3, -0.25) is 14.4 Å². The molecule has 1 aliphatic heterocycles. The minimum absolute atomic E-state index is 0.0123. The minimum Gasteiger partial charge on any atom is -0.372 e. The number of carbonyl (C=O) groups is 3. The summed E-state index contributed by atoms with van der Waals surface area (Å²) in [7, 11) is -4.04. The Morgan fingerprint density at radius 3 is 2.30 bits per heavy atom. The van der Waals surface area contributed by atoms with Crippen molar-refractivity contribution in [2.45, 2.75) is 44.4 Å². The summed E-state index contributed by atoms with van der Waals surface area (Å²) in [6, 6.07) is 13.3. The van der Waals surface area contributed by atoms with Crippen LogP contribution in [0.5, 0.6) is 0 Å². The van der Waals surface area contributed by atoms with Gasteiger partial charge in [-0.2, -0.15) is 0 Å². The highest BCUT2D eigenvalue weighted by molar-refractivity contribution is 7.92. The molecule has 0 saturated carbocycles. The number of hydrogen-bond donors (Lipinski definition) is 2. The van der Waals surface area contributed by atoms with E-state index in [4.69, 9.17) is 4.74 Å². The van der Waals surface area contributed by atoms with Gasteiger partial charge in [0, 0.05) is 48.5 Å². The lowest BCUT2D eigenvalue weighted by Gasteiger charge is -2.35. The zero-order valence-corrected chi connectivity index (χ0v) is 21.7. The van der Waals surface area contributed by atoms with E-state index < -0.39 is 21.5 Å². The van der Waals surface area contributed by atoms with Crippen LogP contribution in [-0.2, 0) is 35.5 Å². The number of fused-ring (bicyclic) bond motifs is 1. The van der Waals surface area contributed by atoms with Crippen molar-refractivity contribution < 1.29 is 27.5 Å². The Bertz CT molecular complexity index is 1440. The Balaban J connectivity index is 1.53. The van der Waals surface area contributed by atoms with Gasteiger partial charge >= 0.3 is 0 Å². The number of carbonyl (C=O) groups excluding carboxylic acids is 3. The highest BCUT2D eigenvalue weighted by Gasteiger charge is 2.28. The number of nitrogens with one attached hydrogen (secondary N) is 2. The van der Waals surface area contributed by atoms with Crippen LogP contribution in [0.2, 0.25) is 0 Å². The Hall–Kier alpha value is -3.70. The number of hydrogen-bond acceptors (Lipinski definition) is 6. The van der Waals surface area contributed by atoms with Crippen LogP contribution in [0.3, 0.4) is 0 Å². The number of nitrogens with zero attached hydrogens (tertiary/aromatic N) is 2. The number of rotatable bonds is 7. The van der Waals surface area contributed by atoms with Crippen LogP contribution in [0.1, 0.15) is 20.8 Å². The maximum absolute atomic E-state index is 13.3. The van der Waals surface area contributed by atoms with E-state index in [1.165, 1.54) is 19.2 Å². The molecule has 2 atom stereocenters. The highest BCUT2D eigenvalue weighted by Crippen LogP contribution is 2.27. The lowest BCUT2D eigenvalue weighted by molar-refractivity contribution is -0.143. The van der Waals surface area contributed by atoms with E-state index >= 15 is 0 Å². The molecule has 1 saturated heterocycles. The molecule has 3 aromatic rings. The zero-order chi connectivity index (χ0) is 26.7. The second kappa shape index (κ2) is 10.7. The monoisotopic (exact) mass is 526 g/mol. The van der Waals surface area contributed by atoms with Crippen LogP contribution in [0.15, 0.2) is 59.6 Å². The van der Waals surface area contributed by atoms with Crippen LogP contribution in [0.25, 0.3) is 10.9 Å². The fourth-order valence-electron chi connectivity index (χ4n) is 4.54. The molecule has 37 heavy (non-hydrogen) atoms. The number of aromatic nitrogens is 1. The molecule has 196 valence electrons. The number of ether oxygens (including phenoxy) is 1. The van der Waals surface area contributed by atoms with E-state index in [1.807, 2.05) is 13.8 Å². The van der Waals surface area contributed by atoms with E-state index in [0.717, 1.165) is 0 Å². The van der Waals surface area contributed by atoms with Crippen LogP contribution in [-0.4, -0.2) is 66.7 Å². The van der Waals surface area contributed by atoms with Crippen molar-refractivity contribution in [3.05, 3.63) is 54.7 Å². The summed E-state index contributed by atoms with van der Waals surface area (Å²) in [6.45, 7) is 6.09. The van der Waals surface area contributed by atoms with Crippen molar-refractivity contribution in [1.82, 2.24) is 9.47 Å². The van der Waals surface area contributed by atoms with Gasteiger partial charge < -0.3 is 24.8 Å². The summed E-state index contributed by atoms with van der Waals surface area (Å²) in [5.74, 6) is -1.90. The zero-order valence-electron chi connectivity index (χ0n) is 20.9. The average molecular weight is 527 g/mol. The van der Waals surface area contributed by atoms with Gasteiger partial charge in [-0.1, -0.05) is 24.3 Å². The third kappa shape index (κ3) is 6.36. The Kier molecular flexibility index (Phi) is 7.65. The molecule has 2 heterocycles. The maximum atomic E-state index is 13.3. The summed E-state index contributed by atoms with van der Waals surface area (Å²) >= 11 is 0. The first-order valence-corrected chi connectivity index (χ1v) is 13.6. The number of para-hydroxylation sites is 1. The molecule has 2 unspecified atom stereocenters. The van der Waals surface area contributed by atoms with Crippen molar-refractivity contribution in [2.75, 3.05) is 29.5 Å². The molecular weight excluding hydrogens is 496 g/mol. The van der Waals surface area contributed by atoms with Gasteiger partial charge in [-0.05, 0) is 38.1 Å². The van der Waals surface area contributed by atoms with E-state index in [0.29, 0.717) is 35.4 Å². The smallest absolute Gasteiger partial charge is 0.242 e. The van der Waals surface area contributed by atoms with Gasteiger partial charge in [-0.15, -0.1) is 0 Å². The minimum atomic E-state index is -4.04. The molecule has 0 aliphatic carbocycles. The van der Waals surface area contributed by atoms with Crippen LogP contribution in [0.4, 0.5) is 11.4 Å². The number of anilines is 2. The van der Waals surface area contributed by atoms with Gasteiger partial charge in [0.25, 0.3) is 0 Å². The molecular formula is C26H30N4O6S. The Labute approximate surface area is 215 Å². The van der Waals surface area contributed by atoms with Crippen LogP contribution < -0.4 is 10.6 Å². The summed E-state index contributed by atoms with van der Waals surface area (Å²) in [5.41, 5.74) is 1.42. The Morgan fingerprint density at radius 1 is 0.973 bits per heavy atom. The van der Waals surface area contributed by atoms with Crippen LogP contribution in [0, 0.1) is 0 Å². The molecule has 3 amide bonds. The fourth-order valence-corrected chi connectivity index (χ4v) is 5.91. The highest BCUT2D eigenvalue weighted by atomic mass is 32.2. The molecule has 11 heteroatoms. The molecule has 2 aromatic carbocycles. The number of benzene rings is 2. The fraction of sp³-hybridized carbons (Fsp3) is 0.346. The molecule has 10 nitrogen and oxygen atoms in total. The lowest BCUT2D eigenvalue weighted by Crippen LogP contribution is -2.49. The summed E-state index contributed by atoms with van der Waals surface area (Å²) < 4.78 is 33.9. The normalized spacial score (nSPS) is 18.0. The van der Waals surface area contributed by atoms with Crippen molar-refractivity contribution in [1.29, 1.82) is 0 Å². The van der Waals surface area contributed by atoms with Gasteiger partial charge in [-0.25, -0.2) is 8.42 Å². The summed E-state index contributed by atoms with van der Waals surface area (Å²) in [6.07, 6.45) is 1.26. The average Bonchev–Trinajstić information content (AvgIpc) is 3.17. The van der Waals surface area contributed by atoms with Gasteiger partial charge in [0.2, 0.25) is 17.7 Å². The molecule has 0 bridgehead atoms. The van der Waals surface area contributed by atoms with Crippen LogP contribution >= 0.6 is 0 Å². The van der Waals surface area contributed by atoms with Gasteiger partial charge in [0.1, 0.15) is 12.3 Å². The first-order valence-electron chi connectivity index (χ1n) is 11.9. The predicted octanol–water partition coefficient (Wildman–Crippen LogP) is 2.65. The quantitative estimate of drug-likeness (QED) is 0.487. The van der Waals surface area contributed by atoms with Crippen molar-refractivity contribution in [2.24, 2.45) is 0 Å². The third-order valence-electron chi connectivity index (χ3n) is 5.95. The largest absolute Gasteiger partial charge is 0.372 e. The van der Waals surface area contributed by atoms with Crippen molar-refractivity contribution >= 4 is 49.8 Å². The topological polar surface area (TPSA) is 127 Å². The van der Waals surface area contributed by atoms with E-state index in [-0.39, 0.29) is 35.5 Å². The molecule has 2 N–H and O–H groups in total. The lowest BCUT2D eigenvalue weighted by atomic mass is 10.2. The summed E-state index contributed by atoms with van der Waals surface area (Å²) in [4.78, 5) is 38.7. The second-order valence-electron chi connectivity index (χ2n) is 9.26. The number of amides is 3. The van der Waals surface area contributed by atoms with Crippen molar-refractivity contribution in [3.63, 3.8) is 0 Å². The maximum Gasteiger partial charge on any atom is 0.242 e. The molecule has 1 aromatic heterocycles. The third-order valence-corrected chi connectivity index (χ3v) is 7.59. The SMILES string of the molecule is CC(=O)Nc1cccc(NC(=O)CS(=O)(=O)c2cn(CC(=O)N3CC(C)OC(C)C3)c3ccccc23)c1. The van der Waals surface area contributed by atoms with E-state index in [9.17, 15) is 22.8 Å². The molecule has 4 rings (SSSR count). The molecule has 1 fully saturated rings. The van der Waals surface area contributed by atoms with E-state index in [1.54, 1.807) is 51.9 Å². The molecule has 1 aliphatic rings. The Morgan fingerprint density at radius 2 is 1.62 bits per heavy atom. The van der Waals surface area contributed by atoms with Crippen molar-refractivity contribution in [3.8, 4) is 0 Å². The number of morpholine rings is 1. The molecule has 0 radical (unpaired) electrons. The van der Waals surface area contributed by atoms with E-state index in [2.05, 4.69) is 10.6 Å². The van der Waals surface area contributed by atoms with Gasteiger partial charge in [0.15, 0.2) is 9.84 Å². The second-order valence-corrected chi connectivity index (χ2v) is 11.2. The first kappa shape index (κ1) is 26.4. The molecule has 0 spiro atoms. The first-order chi connectivity index (χ1) is 17.5.